The fourth-order valence-electron chi connectivity index (χ4n) is 4.36. The maximum Gasteiger partial charge on any atom is 0.271 e. The number of carbonyl (C=O) groups excluding carboxylic acids is 2. The Hall–Kier alpha value is -2.74. The number of nitrogens with one attached hydrogen (secondary N) is 2. The van der Waals surface area contributed by atoms with Crippen LogP contribution in [0.3, 0.4) is 0 Å². The normalized spacial score (nSPS) is 21.1. The van der Waals surface area contributed by atoms with Crippen molar-refractivity contribution in [3.63, 3.8) is 0 Å². The summed E-state index contributed by atoms with van der Waals surface area (Å²) < 4.78 is 0. The van der Waals surface area contributed by atoms with Gasteiger partial charge in [-0.25, -0.2) is 0 Å². The number of amides is 2. The maximum atomic E-state index is 12.6. The number of rotatable bonds is 5. The molecule has 154 valence electrons. The molecule has 2 aliphatic heterocycles. The van der Waals surface area contributed by atoms with Gasteiger partial charge in [-0.3, -0.25) is 24.6 Å². The molecule has 4 heterocycles. The van der Waals surface area contributed by atoms with Crippen LogP contribution >= 0.6 is 0 Å². The van der Waals surface area contributed by atoms with Gasteiger partial charge in [0.1, 0.15) is 5.69 Å². The smallest absolute Gasteiger partial charge is 0.271 e. The van der Waals surface area contributed by atoms with Crippen LogP contribution in [0.1, 0.15) is 41.9 Å². The van der Waals surface area contributed by atoms with Gasteiger partial charge in [-0.05, 0) is 50.4 Å². The van der Waals surface area contributed by atoms with Crippen molar-refractivity contribution in [2.75, 3.05) is 26.2 Å². The highest BCUT2D eigenvalue weighted by atomic mass is 16.2. The lowest BCUT2D eigenvalue weighted by molar-refractivity contribution is -0.127. The molecule has 1 atom stereocenters. The lowest BCUT2D eigenvalue weighted by Crippen LogP contribution is -2.51. The third-order valence-corrected chi connectivity index (χ3v) is 5.99. The molecule has 0 radical (unpaired) electrons. The van der Waals surface area contributed by atoms with E-state index >= 15 is 0 Å². The number of aromatic amines is 1. The van der Waals surface area contributed by atoms with Crippen molar-refractivity contribution >= 4 is 11.8 Å². The van der Waals surface area contributed by atoms with E-state index in [9.17, 15) is 9.59 Å². The van der Waals surface area contributed by atoms with Crippen molar-refractivity contribution in [1.82, 2.24) is 30.3 Å². The number of likely N-dealkylation sites (tertiary alicyclic amines) is 2. The Morgan fingerprint density at radius 1 is 1.10 bits per heavy atom. The Bertz CT molecular complexity index is 802. The van der Waals surface area contributed by atoms with Gasteiger partial charge in [0.2, 0.25) is 5.91 Å². The van der Waals surface area contributed by atoms with Crippen LogP contribution in [0.5, 0.6) is 0 Å². The highest BCUT2D eigenvalue weighted by Crippen LogP contribution is 2.24. The lowest BCUT2D eigenvalue weighted by Gasteiger charge is -2.42. The largest absolute Gasteiger partial charge is 0.350 e. The zero-order valence-electron chi connectivity index (χ0n) is 16.6. The molecule has 0 saturated carbocycles. The summed E-state index contributed by atoms with van der Waals surface area (Å²) in [5, 5.41) is 9.65. The van der Waals surface area contributed by atoms with Crippen LogP contribution in [0.2, 0.25) is 0 Å². The molecule has 0 unspecified atom stereocenters. The van der Waals surface area contributed by atoms with Gasteiger partial charge in [-0.1, -0.05) is 6.07 Å². The summed E-state index contributed by atoms with van der Waals surface area (Å²) in [5.74, 6) is 0.163. The molecule has 4 rings (SSSR count). The van der Waals surface area contributed by atoms with E-state index in [1.807, 2.05) is 23.1 Å². The van der Waals surface area contributed by atoms with Crippen molar-refractivity contribution in [2.24, 2.45) is 5.92 Å². The van der Waals surface area contributed by atoms with Gasteiger partial charge in [0.05, 0.1) is 18.2 Å². The van der Waals surface area contributed by atoms with Crippen molar-refractivity contribution in [3.8, 4) is 0 Å². The van der Waals surface area contributed by atoms with Crippen molar-refractivity contribution in [3.05, 3.63) is 48.0 Å². The first-order chi connectivity index (χ1) is 14.2. The zero-order chi connectivity index (χ0) is 20.1. The second-order valence-corrected chi connectivity index (χ2v) is 7.87. The number of hydrogen-bond donors (Lipinski definition) is 2. The lowest BCUT2D eigenvalue weighted by atomic mass is 9.93. The Morgan fingerprint density at radius 3 is 2.69 bits per heavy atom. The number of hydrogen-bond acceptors (Lipinski definition) is 5. The third-order valence-electron chi connectivity index (χ3n) is 5.99. The predicted octanol–water partition coefficient (Wildman–Crippen LogP) is 1.44. The quantitative estimate of drug-likeness (QED) is 0.798. The number of carbonyl (C=O) groups is 2. The predicted molar refractivity (Wildman–Crippen MR) is 108 cm³/mol. The van der Waals surface area contributed by atoms with Gasteiger partial charge in [0.25, 0.3) is 5.91 Å². The minimum Gasteiger partial charge on any atom is -0.350 e. The van der Waals surface area contributed by atoms with E-state index < -0.39 is 0 Å². The molecule has 2 saturated heterocycles. The molecule has 2 aromatic heterocycles. The highest BCUT2D eigenvalue weighted by molar-refractivity contribution is 5.92. The minimum atomic E-state index is 0.0198. The molecule has 0 aliphatic carbocycles. The van der Waals surface area contributed by atoms with E-state index in [1.54, 1.807) is 18.5 Å². The average molecular weight is 396 g/mol. The van der Waals surface area contributed by atoms with Gasteiger partial charge < -0.3 is 10.2 Å². The molecule has 0 spiro atoms. The van der Waals surface area contributed by atoms with E-state index in [0.717, 1.165) is 57.6 Å². The molecule has 2 aliphatic rings. The molecular weight excluding hydrogens is 368 g/mol. The van der Waals surface area contributed by atoms with Crippen LogP contribution in [0.15, 0.2) is 36.7 Å². The Labute approximate surface area is 170 Å². The summed E-state index contributed by atoms with van der Waals surface area (Å²) in [6.07, 6.45) is 7.21. The molecule has 2 amide bonds. The first kappa shape index (κ1) is 19.6. The van der Waals surface area contributed by atoms with Gasteiger partial charge in [0, 0.05) is 38.1 Å². The zero-order valence-corrected chi connectivity index (χ0v) is 16.6. The molecule has 29 heavy (non-hydrogen) atoms. The molecule has 8 nitrogen and oxygen atoms in total. The number of nitrogens with zero attached hydrogens (tertiary/aromatic N) is 4. The van der Waals surface area contributed by atoms with E-state index in [1.165, 1.54) is 0 Å². The van der Waals surface area contributed by atoms with Crippen molar-refractivity contribution in [2.45, 2.75) is 38.3 Å². The number of H-pyrrole nitrogens is 1. The first-order valence-corrected chi connectivity index (χ1v) is 10.4. The molecule has 0 aromatic carbocycles. The van der Waals surface area contributed by atoms with Gasteiger partial charge in [0.15, 0.2) is 0 Å². The maximum absolute atomic E-state index is 12.6. The fraction of sp³-hybridized carbons (Fsp3) is 0.524. The van der Waals surface area contributed by atoms with Crippen LogP contribution in [-0.4, -0.2) is 69.0 Å². The Balaban J connectivity index is 1.25. The topological polar surface area (TPSA) is 94.2 Å². The summed E-state index contributed by atoms with van der Waals surface area (Å²) in [6.45, 7) is 3.80. The third kappa shape index (κ3) is 4.82. The molecule has 2 N–H and O–H groups in total. The SMILES string of the molecule is O=C(NCc1ccccn1)[C@@H]1CCCN(C2CCN(C(=O)c3ccn[nH]3)CC2)C1. The molecule has 0 bridgehead atoms. The second-order valence-electron chi connectivity index (χ2n) is 7.87. The highest BCUT2D eigenvalue weighted by Gasteiger charge is 2.32. The van der Waals surface area contributed by atoms with Crippen LogP contribution in [0.4, 0.5) is 0 Å². The summed E-state index contributed by atoms with van der Waals surface area (Å²) >= 11 is 0. The van der Waals surface area contributed by atoms with E-state index in [2.05, 4.69) is 25.4 Å². The standard InChI is InChI=1S/C21H28N6O2/c28-20(23-14-17-5-1-2-9-22-17)16-4-3-11-27(15-16)18-7-12-26(13-8-18)21(29)19-6-10-24-25-19/h1-2,5-6,9-10,16,18H,3-4,7-8,11-15H2,(H,23,28)(H,24,25)/t16-/m1/s1. The van der Waals surface area contributed by atoms with Crippen LogP contribution in [0, 0.1) is 5.92 Å². The van der Waals surface area contributed by atoms with Crippen LogP contribution < -0.4 is 5.32 Å². The van der Waals surface area contributed by atoms with E-state index in [-0.39, 0.29) is 17.7 Å². The summed E-state index contributed by atoms with van der Waals surface area (Å²) in [6, 6.07) is 7.88. The molecule has 8 heteroatoms. The molecular formula is C21H28N6O2. The van der Waals surface area contributed by atoms with Crippen LogP contribution in [-0.2, 0) is 11.3 Å². The average Bonchev–Trinajstić information content (AvgIpc) is 3.33. The second kappa shape index (κ2) is 9.17. The fourth-order valence-corrected chi connectivity index (χ4v) is 4.36. The van der Waals surface area contributed by atoms with Crippen LogP contribution in [0.25, 0.3) is 0 Å². The van der Waals surface area contributed by atoms with Gasteiger partial charge in [-0.15, -0.1) is 0 Å². The number of aromatic nitrogens is 3. The van der Waals surface area contributed by atoms with E-state index in [4.69, 9.17) is 0 Å². The Morgan fingerprint density at radius 2 is 1.97 bits per heavy atom. The van der Waals surface area contributed by atoms with E-state index in [0.29, 0.717) is 18.3 Å². The number of pyridine rings is 1. The first-order valence-electron chi connectivity index (χ1n) is 10.4. The minimum absolute atomic E-state index is 0.0198. The summed E-state index contributed by atoms with van der Waals surface area (Å²) in [5.41, 5.74) is 1.42. The number of piperidine rings is 2. The monoisotopic (exact) mass is 396 g/mol. The molecule has 2 fully saturated rings. The van der Waals surface area contributed by atoms with Gasteiger partial charge >= 0.3 is 0 Å². The summed E-state index contributed by atoms with van der Waals surface area (Å²) in [7, 11) is 0. The summed E-state index contributed by atoms with van der Waals surface area (Å²) in [4.78, 5) is 33.7. The van der Waals surface area contributed by atoms with Gasteiger partial charge in [-0.2, -0.15) is 5.10 Å². The molecule has 2 aromatic rings. The van der Waals surface area contributed by atoms with Crippen molar-refractivity contribution < 1.29 is 9.59 Å². The Kier molecular flexibility index (Phi) is 6.19. The van der Waals surface area contributed by atoms with Crippen molar-refractivity contribution in [1.29, 1.82) is 0 Å².